The summed E-state index contributed by atoms with van der Waals surface area (Å²) < 4.78 is 16.6. The van der Waals surface area contributed by atoms with E-state index in [2.05, 4.69) is 4.98 Å². The van der Waals surface area contributed by atoms with Crippen molar-refractivity contribution >= 4 is 48.3 Å². The number of ether oxygens (including phenoxy) is 1. The van der Waals surface area contributed by atoms with Crippen molar-refractivity contribution < 1.29 is 19.0 Å². The molecule has 1 heterocycles. The molecule has 1 unspecified atom stereocenters. The third-order valence-corrected chi connectivity index (χ3v) is 6.81. The molecule has 0 aliphatic carbocycles. The van der Waals surface area contributed by atoms with Crippen molar-refractivity contribution in [3.63, 3.8) is 0 Å². The topological polar surface area (TPSA) is 76.5 Å². The van der Waals surface area contributed by atoms with Gasteiger partial charge in [0, 0.05) is 34.9 Å². The van der Waals surface area contributed by atoms with E-state index in [0.29, 0.717) is 27.1 Å². The van der Waals surface area contributed by atoms with Gasteiger partial charge in [0.1, 0.15) is 6.61 Å². The Morgan fingerprint density at radius 3 is 2.77 bits per heavy atom. The van der Waals surface area contributed by atoms with Gasteiger partial charge in [-0.1, -0.05) is 41.0 Å². The van der Waals surface area contributed by atoms with Gasteiger partial charge in [-0.25, -0.2) is 4.98 Å². The Labute approximate surface area is 166 Å². The summed E-state index contributed by atoms with van der Waals surface area (Å²) in [6, 6.07) is 8.62. The number of esters is 1. The molecule has 0 saturated carbocycles. The largest absolute Gasteiger partial charge is 0.461 e. The van der Waals surface area contributed by atoms with E-state index >= 15 is 0 Å². The van der Waals surface area contributed by atoms with Crippen LogP contribution in [-0.4, -0.2) is 28.0 Å². The number of aryl methyl sites for hydroxylation is 1. The highest BCUT2D eigenvalue weighted by Gasteiger charge is 2.12. The number of rotatable bonds is 8. The van der Waals surface area contributed by atoms with Crippen LogP contribution < -0.4 is 0 Å². The summed E-state index contributed by atoms with van der Waals surface area (Å²) in [4.78, 5) is 25.4. The Bertz CT molecular complexity index is 828. The van der Waals surface area contributed by atoms with Crippen molar-refractivity contribution in [2.24, 2.45) is 0 Å². The fraction of sp³-hybridized carbons (Fsp3) is 0.294. The Morgan fingerprint density at radius 2 is 2.08 bits per heavy atom. The molecule has 140 valence electrons. The summed E-state index contributed by atoms with van der Waals surface area (Å²) >= 11 is 13.1. The molecule has 2 rings (SSSR count). The highest BCUT2D eigenvalue weighted by atomic mass is 35.5. The normalized spacial score (nSPS) is 13.2. The number of benzene rings is 1. The standard InChI is InChI=1S/C17H18Cl2NO4PS/c1-25(22,23)11-26-16-8-12(6-7-20-16)2-5-17(21)24-10-13-3-4-14(18)9-15(13)19/h3-4,6-9H,2,5,10-11H2,1H3,(H,22,23). The summed E-state index contributed by atoms with van der Waals surface area (Å²) in [5.41, 5.74) is 1.71. The number of carbonyl (C=O) groups is 1. The third-order valence-electron chi connectivity index (χ3n) is 3.27. The maximum atomic E-state index is 11.9. The fourth-order valence-electron chi connectivity index (χ4n) is 1.99. The van der Waals surface area contributed by atoms with Gasteiger partial charge < -0.3 is 9.63 Å². The lowest BCUT2D eigenvalue weighted by molar-refractivity contribution is -0.144. The molecule has 2 aromatic rings. The first-order valence-electron chi connectivity index (χ1n) is 7.69. The minimum absolute atomic E-state index is 0.0918. The highest BCUT2D eigenvalue weighted by Crippen LogP contribution is 2.41. The number of hydrogen-bond donors (Lipinski definition) is 1. The second kappa shape index (κ2) is 9.77. The summed E-state index contributed by atoms with van der Waals surface area (Å²) in [6.45, 7) is 1.40. The van der Waals surface area contributed by atoms with Crippen LogP contribution in [-0.2, 0) is 27.1 Å². The van der Waals surface area contributed by atoms with Gasteiger partial charge in [0.05, 0.1) is 10.5 Å². The zero-order chi connectivity index (χ0) is 19.2. The van der Waals surface area contributed by atoms with Gasteiger partial charge in [-0.15, -0.1) is 0 Å². The van der Waals surface area contributed by atoms with E-state index in [1.54, 1.807) is 30.5 Å². The molecule has 1 aromatic heterocycles. The molecular formula is C17H18Cl2NO4PS. The van der Waals surface area contributed by atoms with Crippen LogP contribution in [0.5, 0.6) is 0 Å². The summed E-state index contributed by atoms with van der Waals surface area (Å²) in [7, 11) is -3.09. The molecule has 1 N–H and O–H groups in total. The second-order valence-electron chi connectivity index (χ2n) is 5.72. The van der Waals surface area contributed by atoms with Crippen LogP contribution >= 0.6 is 42.3 Å². The predicted octanol–water partition coefficient (Wildman–Crippen LogP) is 5.01. The summed E-state index contributed by atoms with van der Waals surface area (Å²) in [5, 5.41) is 1.63. The highest BCUT2D eigenvalue weighted by molar-refractivity contribution is 8.04. The van der Waals surface area contributed by atoms with Crippen molar-refractivity contribution in [2.45, 2.75) is 24.5 Å². The number of carbonyl (C=O) groups excluding carboxylic acids is 1. The fourth-order valence-corrected chi connectivity index (χ4v) is 4.31. The van der Waals surface area contributed by atoms with Gasteiger partial charge in [0.2, 0.25) is 7.37 Å². The third kappa shape index (κ3) is 7.68. The Morgan fingerprint density at radius 1 is 1.31 bits per heavy atom. The van der Waals surface area contributed by atoms with Crippen LogP contribution in [0.2, 0.25) is 10.0 Å². The number of pyridine rings is 1. The van der Waals surface area contributed by atoms with Crippen LogP contribution in [0.1, 0.15) is 17.5 Å². The molecule has 0 aliphatic rings. The van der Waals surface area contributed by atoms with Gasteiger partial charge in [0.25, 0.3) is 0 Å². The maximum absolute atomic E-state index is 11.9. The zero-order valence-corrected chi connectivity index (χ0v) is 17.2. The van der Waals surface area contributed by atoms with Gasteiger partial charge in [-0.3, -0.25) is 9.36 Å². The monoisotopic (exact) mass is 433 g/mol. The predicted molar refractivity (Wildman–Crippen MR) is 105 cm³/mol. The van der Waals surface area contributed by atoms with Crippen molar-refractivity contribution in [3.8, 4) is 0 Å². The lowest BCUT2D eigenvalue weighted by Crippen LogP contribution is -2.06. The Kier molecular flexibility index (Phi) is 7.99. The quantitative estimate of drug-likeness (QED) is 0.358. The van der Waals surface area contributed by atoms with E-state index in [-0.39, 0.29) is 24.5 Å². The van der Waals surface area contributed by atoms with Gasteiger partial charge in [0.15, 0.2) is 0 Å². The van der Waals surface area contributed by atoms with Gasteiger partial charge in [-0.05, 0) is 36.2 Å². The summed E-state index contributed by atoms with van der Waals surface area (Å²) in [6.07, 6.45) is 2.33. The van der Waals surface area contributed by atoms with Gasteiger partial charge >= 0.3 is 5.97 Å². The van der Waals surface area contributed by atoms with E-state index in [1.807, 2.05) is 6.07 Å². The maximum Gasteiger partial charge on any atom is 0.306 e. The molecule has 1 aromatic carbocycles. The molecule has 0 fully saturated rings. The average Bonchev–Trinajstić information content (AvgIpc) is 2.57. The number of thioether (sulfide) groups is 1. The minimum Gasteiger partial charge on any atom is -0.461 e. The Hall–Kier alpha value is -1.04. The van der Waals surface area contributed by atoms with Crippen molar-refractivity contribution in [1.82, 2.24) is 4.98 Å². The molecule has 5 nitrogen and oxygen atoms in total. The molecule has 0 radical (unpaired) electrons. The van der Waals surface area contributed by atoms with Crippen LogP contribution in [0.15, 0.2) is 41.6 Å². The zero-order valence-electron chi connectivity index (χ0n) is 14.0. The number of hydrogen-bond acceptors (Lipinski definition) is 5. The molecule has 9 heteroatoms. The molecular weight excluding hydrogens is 416 g/mol. The summed E-state index contributed by atoms with van der Waals surface area (Å²) in [5.74, 6) is -0.338. The lowest BCUT2D eigenvalue weighted by atomic mass is 10.1. The number of aromatic nitrogens is 1. The SMILES string of the molecule is CP(=O)(O)CSc1cc(CCC(=O)OCc2ccc(Cl)cc2Cl)ccn1. The second-order valence-corrected chi connectivity index (χ2v) is 10.4. The van der Waals surface area contributed by atoms with E-state index in [1.165, 1.54) is 18.4 Å². The first-order valence-corrected chi connectivity index (χ1v) is 11.7. The van der Waals surface area contributed by atoms with Crippen LogP contribution in [0.3, 0.4) is 0 Å². The van der Waals surface area contributed by atoms with E-state index < -0.39 is 7.37 Å². The number of halogens is 2. The van der Waals surface area contributed by atoms with E-state index in [9.17, 15) is 14.3 Å². The van der Waals surface area contributed by atoms with Gasteiger partial charge in [-0.2, -0.15) is 0 Å². The smallest absolute Gasteiger partial charge is 0.306 e. The molecule has 0 saturated heterocycles. The Balaban J connectivity index is 1.82. The van der Waals surface area contributed by atoms with Crippen LogP contribution in [0, 0.1) is 0 Å². The van der Waals surface area contributed by atoms with Crippen LogP contribution in [0.4, 0.5) is 0 Å². The first kappa shape index (κ1) is 21.3. The van der Waals surface area contributed by atoms with Crippen molar-refractivity contribution in [2.75, 3.05) is 12.2 Å². The lowest BCUT2D eigenvalue weighted by Gasteiger charge is -2.08. The van der Waals surface area contributed by atoms with Crippen molar-refractivity contribution in [3.05, 3.63) is 57.7 Å². The molecule has 0 aliphatic heterocycles. The molecule has 0 spiro atoms. The van der Waals surface area contributed by atoms with E-state index in [4.69, 9.17) is 27.9 Å². The average molecular weight is 434 g/mol. The molecule has 1 atom stereocenters. The van der Waals surface area contributed by atoms with Crippen molar-refractivity contribution in [1.29, 1.82) is 0 Å². The minimum atomic E-state index is -3.09. The molecule has 26 heavy (non-hydrogen) atoms. The molecule has 0 bridgehead atoms. The number of nitrogens with zero attached hydrogens (tertiary/aromatic N) is 1. The van der Waals surface area contributed by atoms with Crippen LogP contribution in [0.25, 0.3) is 0 Å². The first-order chi connectivity index (χ1) is 12.2. The molecule has 0 amide bonds. The van der Waals surface area contributed by atoms with E-state index in [0.717, 1.165) is 5.56 Å².